The second kappa shape index (κ2) is 13.9. The van der Waals surface area contributed by atoms with Gasteiger partial charge >= 0.3 is 0 Å². The van der Waals surface area contributed by atoms with Crippen LogP contribution in [-0.4, -0.2) is 0 Å². The largest absolute Gasteiger partial charge is 0.309 e. The van der Waals surface area contributed by atoms with Gasteiger partial charge in [-0.1, -0.05) is 206 Å². The van der Waals surface area contributed by atoms with Crippen LogP contribution in [0.5, 0.6) is 0 Å². The van der Waals surface area contributed by atoms with E-state index >= 15 is 0 Å². The third-order valence-electron chi connectivity index (χ3n) is 13.3. The summed E-state index contributed by atoms with van der Waals surface area (Å²) in [6, 6.07) is 85.2. The van der Waals surface area contributed by atoms with Crippen molar-refractivity contribution in [1.82, 2.24) is 0 Å². The first-order valence-corrected chi connectivity index (χ1v) is 21.3. The first kappa shape index (κ1) is 35.2. The van der Waals surface area contributed by atoms with E-state index in [2.05, 4.69) is 242 Å². The topological polar surface area (TPSA) is 3.24 Å². The summed E-state index contributed by atoms with van der Waals surface area (Å²) in [5, 5.41) is 9.91. The zero-order valence-electron chi connectivity index (χ0n) is 33.9. The second-order valence-corrected chi connectivity index (χ2v) is 16.5. The zero-order valence-corrected chi connectivity index (χ0v) is 33.9. The van der Waals surface area contributed by atoms with Crippen LogP contribution in [0.1, 0.15) is 23.6 Å². The molecule has 11 aromatic rings. The maximum absolute atomic E-state index is 2.55. The third kappa shape index (κ3) is 5.34. The van der Waals surface area contributed by atoms with Crippen LogP contribution in [0.2, 0.25) is 0 Å². The molecule has 0 aromatic heterocycles. The minimum atomic E-state index is -0.336. The Balaban J connectivity index is 1.22. The van der Waals surface area contributed by atoms with E-state index in [0.717, 1.165) is 17.1 Å². The van der Waals surface area contributed by atoms with Gasteiger partial charge in [0, 0.05) is 22.1 Å². The summed E-state index contributed by atoms with van der Waals surface area (Å²) in [5.74, 6) is 0. The van der Waals surface area contributed by atoms with Gasteiger partial charge in [0.1, 0.15) is 0 Å². The molecular weight excluding hydrogens is 735 g/mol. The SMILES string of the molecule is CC1(c2ccccc2)c2ccccc2-c2c(N(c3ccc4c(c3)c(-c3ccccc3)c(-c3ccccc3)c3ccccc34)c3cccc4c3ccc3ccccc34)cccc21. The third-order valence-corrected chi connectivity index (χ3v) is 13.3. The first-order chi connectivity index (χ1) is 30.2. The van der Waals surface area contributed by atoms with Gasteiger partial charge < -0.3 is 4.90 Å². The van der Waals surface area contributed by atoms with Crippen molar-refractivity contribution in [1.29, 1.82) is 0 Å². The Morgan fingerprint density at radius 2 is 0.852 bits per heavy atom. The van der Waals surface area contributed by atoms with Crippen LogP contribution in [0.3, 0.4) is 0 Å². The molecule has 0 aliphatic heterocycles. The minimum absolute atomic E-state index is 0.336. The van der Waals surface area contributed by atoms with Crippen molar-refractivity contribution in [2.45, 2.75) is 12.3 Å². The molecule has 0 fully saturated rings. The molecule has 0 radical (unpaired) electrons. The highest BCUT2D eigenvalue weighted by Gasteiger charge is 2.42. The van der Waals surface area contributed by atoms with Crippen molar-refractivity contribution in [2.24, 2.45) is 0 Å². The van der Waals surface area contributed by atoms with Crippen LogP contribution in [-0.2, 0) is 5.41 Å². The number of hydrogen-bond donors (Lipinski definition) is 0. The molecule has 1 unspecified atom stereocenters. The predicted octanol–water partition coefficient (Wildman–Crippen LogP) is 16.4. The van der Waals surface area contributed by atoms with Crippen molar-refractivity contribution in [2.75, 3.05) is 4.90 Å². The molecule has 0 spiro atoms. The Bertz CT molecular complexity index is 3480. The fraction of sp³-hybridized carbons (Fsp3) is 0.0333. The Morgan fingerprint density at radius 1 is 0.328 bits per heavy atom. The van der Waals surface area contributed by atoms with Crippen LogP contribution in [0.25, 0.3) is 76.5 Å². The molecule has 61 heavy (non-hydrogen) atoms. The summed E-state index contributed by atoms with van der Waals surface area (Å²) in [5.41, 5.74) is 14.5. The minimum Gasteiger partial charge on any atom is -0.309 e. The van der Waals surface area contributed by atoms with Crippen molar-refractivity contribution in [3.63, 3.8) is 0 Å². The van der Waals surface area contributed by atoms with Gasteiger partial charge in [-0.15, -0.1) is 0 Å². The molecule has 1 aliphatic carbocycles. The Kier molecular flexibility index (Phi) is 8.05. The number of anilines is 3. The summed E-state index contributed by atoms with van der Waals surface area (Å²) < 4.78 is 0. The summed E-state index contributed by atoms with van der Waals surface area (Å²) >= 11 is 0. The van der Waals surface area contributed by atoms with E-state index in [1.807, 2.05) is 0 Å². The summed E-state index contributed by atoms with van der Waals surface area (Å²) in [6.45, 7) is 2.41. The average molecular weight is 776 g/mol. The van der Waals surface area contributed by atoms with Crippen LogP contribution >= 0.6 is 0 Å². The highest BCUT2D eigenvalue weighted by Crippen LogP contribution is 2.57. The lowest BCUT2D eigenvalue weighted by atomic mass is 9.74. The lowest BCUT2D eigenvalue weighted by Gasteiger charge is -2.31. The maximum Gasteiger partial charge on any atom is 0.0543 e. The van der Waals surface area contributed by atoms with Gasteiger partial charge in [-0.3, -0.25) is 0 Å². The van der Waals surface area contributed by atoms with Crippen molar-refractivity contribution >= 4 is 60.2 Å². The van der Waals surface area contributed by atoms with Gasteiger partial charge in [-0.25, -0.2) is 0 Å². The second-order valence-electron chi connectivity index (χ2n) is 16.5. The fourth-order valence-corrected chi connectivity index (χ4v) is 10.5. The summed E-state index contributed by atoms with van der Waals surface area (Å²) in [6.07, 6.45) is 0. The molecule has 12 rings (SSSR count). The van der Waals surface area contributed by atoms with Crippen molar-refractivity contribution in [3.8, 4) is 33.4 Å². The molecule has 1 atom stereocenters. The molecule has 1 nitrogen and oxygen atoms in total. The summed E-state index contributed by atoms with van der Waals surface area (Å²) in [7, 11) is 0. The maximum atomic E-state index is 2.55. The molecule has 286 valence electrons. The number of rotatable bonds is 6. The molecule has 0 bridgehead atoms. The molecular formula is C60H41N. The van der Waals surface area contributed by atoms with Gasteiger partial charge in [0.2, 0.25) is 0 Å². The van der Waals surface area contributed by atoms with Gasteiger partial charge in [-0.05, 0) is 113 Å². The molecule has 1 aliphatic rings. The average Bonchev–Trinajstić information content (AvgIpc) is 3.61. The molecule has 0 amide bonds. The highest BCUT2D eigenvalue weighted by molar-refractivity contribution is 6.22. The van der Waals surface area contributed by atoms with Crippen LogP contribution in [0.4, 0.5) is 17.1 Å². The molecule has 0 heterocycles. The van der Waals surface area contributed by atoms with E-state index in [1.54, 1.807) is 0 Å². The Labute approximate surface area is 356 Å². The van der Waals surface area contributed by atoms with Crippen LogP contribution < -0.4 is 4.90 Å². The lowest BCUT2D eigenvalue weighted by molar-refractivity contribution is 0.714. The van der Waals surface area contributed by atoms with E-state index in [-0.39, 0.29) is 5.41 Å². The van der Waals surface area contributed by atoms with Gasteiger partial charge in [0.05, 0.1) is 11.4 Å². The first-order valence-electron chi connectivity index (χ1n) is 21.3. The summed E-state index contributed by atoms with van der Waals surface area (Å²) in [4.78, 5) is 2.55. The fourth-order valence-electron chi connectivity index (χ4n) is 10.5. The Hall–Kier alpha value is -7.74. The number of nitrogens with zero attached hydrogens (tertiary/aromatic N) is 1. The van der Waals surface area contributed by atoms with Crippen molar-refractivity contribution < 1.29 is 0 Å². The standard InChI is InChI=1S/C60H41N/c1-60(43-24-9-4-10-25-43)53-31-16-15-29-51(53)59-54(60)32-18-34-56(59)61(55-33-17-30-46-45-26-12-11-19-40(45)35-37-49(46)55)44-36-38-48-47-27-13-14-28-50(47)57(41-20-5-2-6-21-41)58(52(48)39-44)42-22-7-3-8-23-42/h2-39H,1H3. The smallest absolute Gasteiger partial charge is 0.0543 e. The van der Waals surface area contributed by atoms with Crippen molar-refractivity contribution in [3.05, 3.63) is 247 Å². The highest BCUT2D eigenvalue weighted by atomic mass is 15.1. The molecule has 0 saturated heterocycles. The van der Waals surface area contributed by atoms with Crippen LogP contribution in [0, 0.1) is 0 Å². The molecule has 0 N–H and O–H groups in total. The molecule has 1 heteroatoms. The van der Waals surface area contributed by atoms with E-state index in [4.69, 9.17) is 0 Å². The predicted molar refractivity (Wildman–Crippen MR) is 259 cm³/mol. The lowest BCUT2D eigenvalue weighted by Crippen LogP contribution is -2.22. The van der Waals surface area contributed by atoms with Gasteiger partial charge in [-0.2, -0.15) is 0 Å². The van der Waals surface area contributed by atoms with E-state index in [9.17, 15) is 0 Å². The normalized spacial score (nSPS) is 14.4. The van der Waals surface area contributed by atoms with E-state index in [1.165, 1.54) is 93.2 Å². The van der Waals surface area contributed by atoms with E-state index in [0.29, 0.717) is 0 Å². The van der Waals surface area contributed by atoms with E-state index < -0.39 is 0 Å². The zero-order chi connectivity index (χ0) is 40.5. The quantitative estimate of drug-likeness (QED) is 0.152. The Morgan fingerprint density at radius 3 is 1.62 bits per heavy atom. The van der Waals surface area contributed by atoms with Crippen LogP contribution in [0.15, 0.2) is 231 Å². The van der Waals surface area contributed by atoms with Gasteiger partial charge in [0.15, 0.2) is 0 Å². The number of fused-ring (bicyclic) bond motifs is 9. The monoisotopic (exact) mass is 775 g/mol. The van der Waals surface area contributed by atoms with Gasteiger partial charge in [0.25, 0.3) is 0 Å². The number of benzene rings is 11. The molecule has 0 saturated carbocycles. The molecule has 11 aromatic carbocycles. The number of hydrogen-bond acceptors (Lipinski definition) is 1.